The van der Waals surface area contributed by atoms with Gasteiger partial charge in [-0.3, -0.25) is 9.78 Å². The van der Waals surface area contributed by atoms with Crippen LogP contribution in [0, 0.1) is 5.92 Å². The molecule has 1 unspecified atom stereocenters. The molecule has 1 atom stereocenters. The molecule has 0 bridgehead atoms. The molecular weight excluding hydrogens is 290 g/mol. The molecule has 2 fully saturated rings. The first-order chi connectivity index (χ1) is 9.84. The van der Waals surface area contributed by atoms with E-state index in [1.165, 1.54) is 12.8 Å². The highest BCUT2D eigenvalue weighted by Crippen LogP contribution is 2.29. The van der Waals surface area contributed by atoms with Gasteiger partial charge in [-0.25, -0.2) is 0 Å². The fourth-order valence-electron chi connectivity index (χ4n) is 2.55. The minimum absolute atomic E-state index is 0. The van der Waals surface area contributed by atoms with Crippen molar-refractivity contribution < 1.29 is 9.53 Å². The molecule has 1 aromatic heterocycles. The van der Waals surface area contributed by atoms with Crippen LogP contribution in [0.15, 0.2) is 24.5 Å². The molecule has 0 aromatic carbocycles. The van der Waals surface area contributed by atoms with E-state index in [4.69, 9.17) is 4.74 Å². The van der Waals surface area contributed by atoms with Crippen LogP contribution in [0.5, 0.6) is 0 Å². The molecule has 1 aliphatic heterocycles. The standard InChI is InChI=1S/C15H21N3O2.ClH/c19-15(11-20-10-12-3-4-12)18-7-6-17-9-14(18)13-2-1-5-16-8-13;/h1-2,5,8,12,14,17H,3-4,6-7,9-11H2;1H. The first kappa shape index (κ1) is 16.2. The Hall–Kier alpha value is -1.17. The molecule has 1 N–H and O–H groups in total. The van der Waals surface area contributed by atoms with Crippen LogP contribution < -0.4 is 5.32 Å². The van der Waals surface area contributed by atoms with Gasteiger partial charge in [-0.2, -0.15) is 0 Å². The molecule has 2 heterocycles. The van der Waals surface area contributed by atoms with Crippen molar-refractivity contribution in [1.29, 1.82) is 0 Å². The zero-order chi connectivity index (χ0) is 13.8. The van der Waals surface area contributed by atoms with Gasteiger partial charge < -0.3 is 15.0 Å². The molecule has 5 nitrogen and oxygen atoms in total. The molecule has 6 heteroatoms. The second kappa shape index (κ2) is 7.73. The summed E-state index contributed by atoms with van der Waals surface area (Å²) in [6.45, 7) is 3.28. The minimum Gasteiger partial charge on any atom is -0.371 e. The fourth-order valence-corrected chi connectivity index (χ4v) is 2.55. The SMILES string of the molecule is Cl.O=C(COCC1CC1)N1CCNCC1c1cccnc1. The summed E-state index contributed by atoms with van der Waals surface area (Å²) >= 11 is 0. The Balaban J connectivity index is 0.00000161. The van der Waals surface area contributed by atoms with Crippen molar-refractivity contribution in [3.8, 4) is 0 Å². The van der Waals surface area contributed by atoms with Gasteiger partial charge >= 0.3 is 0 Å². The summed E-state index contributed by atoms with van der Waals surface area (Å²) in [5.74, 6) is 0.779. The van der Waals surface area contributed by atoms with E-state index < -0.39 is 0 Å². The van der Waals surface area contributed by atoms with Gasteiger partial charge in [0.1, 0.15) is 6.61 Å². The number of rotatable bonds is 5. The van der Waals surface area contributed by atoms with Crippen molar-refractivity contribution in [1.82, 2.24) is 15.2 Å². The molecule has 1 aromatic rings. The first-order valence-electron chi connectivity index (χ1n) is 7.32. The van der Waals surface area contributed by atoms with Gasteiger partial charge in [-0.15, -0.1) is 12.4 Å². The van der Waals surface area contributed by atoms with Crippen LogP contribution in [0.4, 0.5) is 0 Å². The number of hydrogen-bond donors (Lipinski definition) is 1. The van der Waals surface area contributed by atoms with Crippen molar-refractivity contribution in [3.63, 3.8) is 0 Å². The summed E-state index contributed by atoms with van der Waals surface area (Å²) in [5, 5.41) is 3.34. The summed E-state index contributed by atoms with van der Waals surface area (Å²) in [6.07, 6.45) is 6.09. The molecule has 0 radical (unpaired) electrons. The van der Waals surface area contributed by atoms with E-state index in [0.717, 1.165) is 31.8 Å². The Morgan fingerprint density at radius 1 is 1.48 bits per heavy atom. The van der Waals surface area contributed by atoms with Crippen LogP contribution in [0.1, 0.15) is 24.4 Å². The molecule has 116 valence electrons. The highest BCUT2D eigenvalue weighted by molar-refractivity contribution is 5.85. The molecule has 2 aliphatic rings. The molecular formula is C15H22ClN3O2. The van der Waals surface area contributed by atoms with Crippen LogP contribution in [0.2, 0.25) is 0 Å². The fraction of sp³-hybridized carbons (Fsp3) is 0.600. The number of nitrogens with one attached hydrogen (secondary N) is 1. The topological polar surface area (TPSA) is 54.5 Å². The molecule has 0 spiro atoms. The van der Waals surface area contributed by atoms with Crippen LogP contribution >= 0.6 is 12.4 Å². The van der Waals surface area contributed by atoms with E-state index in [1.54, 1.807) is 6.20 Å². The van der Waals surface area contributed by atoms with Crippen LogP contribution in [0.3, 0.4) is 0 Å². The molecule has 1 amide bonds. The highest BCUT2D eigenvalue weighted by Gasteiger charge is 2.28. The summed E-state index contributed by atoms with van der Waals surface area (Å²) in [7, 11) is 0. The number of amides is 1. The van der Waals surface area contributed by atoms with E-state index >= 15 is 0 Å². The monoisotopic (exact) mass is 311 g/mol. The number of halogens is 1. The predicted molar refractivity (Wildman–Crippen MR) is 82.4 cm³/mol. The lowest BCUT2D eigenvalue weighted by Crippen LogP contribution is -2.49. The van der Waals surface area contributed by atoms with Crippen molar-refractivity contribution in [3.05, 3.63) is 30.1 Å². The maximum Gasteiger partial charge on any atom is 0.249 e. The molecule has 1 saturated carbocycles. The second-order valence-electron chi connectivity index (χ2n) is 5.55. The van der Waals surface area contributed by atoms with Gasteiger partial charge in [0.15, 0.2) is 0 Å². The number of nitrogens with zero attached hydrogens (tertiary/aromatic N) is 2. The number of carbonyl (C=O) groups excluding carboxylic acids is 1. The number of carbonyl (C=O) groups is 1. The zero-order valence-electron chi connectivity index (χ0n) is 12.0. The normalized spacial score (nSPS) is 21.7. The number of aromatic nitrogens is 1. The van der Waals surface area contributed by atoms with Crippen LogP contribution in [-0.4, -0.2) is 48.6 Å². The highest BCUT2D eigenvalue weighted by atomic mass is 35.5. The summed E-state index contributed by atoms with van der Waals surface area (Å²) in [5.41, 5.74) is 1.08. The first-order valence-corrected chi connectivity index (χ1v) is 7.32. The van der Waals surface area contributed by atoms with Crippen molar-refractivity contribution in [2.45, 2.75) is 18.9 Å². The smallest absolute Gasteiger partial charge is 0.249 e. The lowest BCUT2D eigenvalue weighted by molar-refractivity contribution is -0.139. The Morgan fingerprint density at radius 3 is 3.05 bits per heavy atom. The number of ether oxygens (including phenoxy) is 1. The number of pyridine rings is 1. The van der Waals surface area contributed by atoms with E-state index in [2.05, 4.69) is 10.3 Å². The van der Waals surface area contributed by atoms with Crippen molar-refractivity contribution >= 4 is 18.3 Å². The Morgan fingerprint density at radius 2 is 2.33 bits per heavy atom. The van der Waals surface area contributed by atoms with Gasteiger partial charge in [0.2, 0.25) is 5.91 Å². The Kier molecular flexibility index (Phi) is 5.96. The van der Waals surface area contributed by atoms with Gasteiger partial charge in [-0.1, -0.05) is 6.07 Å². The second-order valence-corrected chi connectivity index (χ2v) is 5.55. The van der Waals surface area contributed by atoms with Crippen LogP contribution in [-0.2, 0) is 9.53 Å². The predicted octanol–water partition coefficient (Wildman–Crippen LogP) is 1.40. The van der Waals surface area contributed by atoms with Crippen molar-refractivity contribution in [2.75, 3.05) is 32.8 Å². The largest absolute Gasteiger partial charge is 0.371 e. The van der Waals surface area contributed by atoms with E-state index in [1.807, 2.05) is 23.2 Å². The summed E-state index contributed by atoms with van der Waals surface area (Å²) < 4.78 is 5.53. The average Bonchev–Trinajstić information content (AvgIpc) is 3.32. The van der Waals surface area contributed by atoms with Gasteiger partial charge in [-0.05, 0) is 30.4 Å². The summed E-state index contributed by atoms with van der Waals surface area (Å²) in [4.78, 5) is 18.4. The number of hydrogen-bond acceptors (Lipinski definition) is 4. The van der Waals surface area contributed by atoms with Gasteiger partial charge in [0.25, 0.3) is 0 Å². The average molecular weight is 312 g/mol. The van der Waals surface area contributed by atoms with E-state index in [-0.39, 0.29) is 31.0 Å². The van der Waals surface area contributed by atoms with Crippen LogP contribution in [0.25, 0.3) is 0 Å². The zero-order valence-corrected chi connectivity index (χ0v) is 12.8. The minimum atomic E-state index is 0. The lowest BCUT2D eigenvalue weighted by Gasteiger charge is -2.36. The quantitative estimate of drug-likeness (QED) is 0.893. The lowest BCUT2D eigenvalue weighted by atomic mass is 10.1. The molecule has 1 saturated heterocycles. The van der Waals surface area contributed by atoms with Gasteiger partial charge in [0, 0.05) is 32.0 Å². The van der Waals surface area contributed by atoms with E-state index in [0.29, 0.717) is 5.92 Å². The van der Waals surface area contributed by atoms with Crippen molar-refractivity contribution in [2.24, 2.45) is 5.92 Å². The van der Waals surface area contributed by atoms with E-state index in [9.17, 15) is 4.79 Å². The molecule has 21 heavy (non-hydrogen) atoms. The Bertz CT molecular complexity index is 453. The maximum atomic E-state index is 12.3. The third-order valence-electron chi connectivity index (χ3n) is 3.91. The molecule has 3 rings (SSSR count). The van der Waals surface area contributed by atoms with Gasteiger partial charge in [0.05, 0.1) is 12.6 Å². The third-order valence-corrected chi connectivity index (χ3v) is 3.91. The molecule has 1 aliphatic carbocycles. The third kappa shape index (κ3) is 4.40. The summed E-state index contributed by atoms with van der Waals surface area (Å²) in [6, 6.07) is 4.00. The number of piperazine rings is 1. The Labute approximate surface area is 131 Å². The maximum absolute atomic E-state index is 12.3.